The summed E-state index contributed by atoms with van der Waals surface area (Å²) >= 11 is 0. The van der Waals surface area contributed by atoms with Crippen molar-refractivity contribution in [3.05, 3.63) is 54.6 Å². The van der Waals surface area contributed by atoms with Crippen LogP contribution < -0.4 is 5.32 Å². The second-order valence-corrected chi connectivity index (χ2v) is 6.24. The standard InChI is InChI=1S/C20H24N2O2/c1-22-14-7-10-17(22)13-15-24-20(23)21-19-12-6-5-11-18(19)16-8-3-2-4-9-16/h2-6,8-9,11-12,17H,7,10,13-15H2,1H3,(H,21,23). The number of para-hydroxylation sites is 1. The summed E-state index contributed by atoms with van der Waals surface area (Å²) in [5.74, 6) is 0. The maximum Gasteiger partial charge on any atom is 0.411 e. The number of ether oxygens (including phenoxy) is 1. The molecular weight excluding hydrogens is 300 g/mol. The molecule has 2 aromatic carbocycles. The van der Waals surface area contributed by atoms with Crippen molar-refractivity contribution in [1.82, 2.24) is 4.90 Å². The van der Waals surface area contributed by atoms with Gasteiger partial charge in [0.15, 0.2) is 0 Å². The van der Waals surface area contributed by atoms with Gasteiger partial charge in [-0.2, -0.15) is 0 Å². The molecule has 0 aliphatic carbocycles. The summed E-state index contributed by atoms with van der Waals surface area (Å²) in [6, 6.07) is 18.3. The number of hydrogen-bond acceptors (Lipinski definition) is 3. The molecule has 1 unspecified atom stereocenters. The van der Waals surface area contributed by atoms with Gasteiger partial charge in [-0.1, -0.05) is 48.5 Å². The van der Waals surface area contributed by atoms with Crippen molar-refractivity contribution in [3.8, 4) is 11.1 Å². The first-order valence-corrected chi connectivity index (χ1v) is 8.52. The molecule has 2 aromatic rings. The Morgan fingerprint density at radius 3 is 2.67 bits per heavy atom. The molecular formula is C20H24N2O2. The van der Waals surface area contributed by atoms with Gasteiger partial charge in [0.25, 0.3) is 0 Å². The Hall–Kier alpha value is -2.33. The maximum atomic E-state index is 12.1. The minimum atomic E-state index is -0.390. The second-order valence-electron chi connectivity index (χ2n) is 6.24. The van der Waals surface area contributed by atoms with E-state index in [9.17, 15) is 4.79 Å². The van der Waals surface area contributed by atoms with E-state index < -0.39 is 0 Å². The van der Waals surface area contributed by atoms with Gasteiger partial charge in [-0.05, 0) is 44.5 Å². The average Bonchev–Trinajstić information content (AvgIpc) is 3.01. The van der Waals surface area contributed by atoms with Gasteiger partial charge in [0.2, 0.25) is 0 Å². The summed E-state index contributed by atoms with van der Waals surface area (Å²) < 4.78 is 5.37. The van der Waals surface area contributed by atoms with E-state index >= 15 is 0 Å². The van der Waals surface area contributed by atoms with Crippen LogP contribution in [0.4, 0.5) is 10.5 Å². The summed E-state index contributed by atoms with van der Waals surface area (Å²) in [6.07, 6.45) is 2.93. The molecule has 1 saturated heterocycles. The highest BCUT2D eigenvalue weighted by Gasteiger charge is 2.20. The number of carbonyl (C=O) groups is 1. The SMILES string of the molecule is CN1CCCC1CCOC(=O)Nc1ccccc1-c1ccccc1. The lowest BCUT2D eigenvalue weighted by atomic mass is 10.0. The molecule has 0 bridgehead atoms. The van der Waals surface area contributed by atoms with E-state index in [1.165, 1.54) is 12.8 Å². The van der Waals surface area contributed by atoms with Crippen LogP contribution in [0.2, 0.25) is 0 Å². The van der Waals surface area contributed by atoms with E-state index in [1.807, 2.05) is 54.6 Å². The normalized spacial score (nSPS) is 17.6. The van der Waals surface area contributed by atoms with E-state index in [4.69, 9.17) is 4.74 Å². The van der Waals surface area contributed by atoms with Crippen LogP contribution in [0, 0.1) is 0 Å². The number of rotatable bonds is 5. The number of amides is 1. The molecule has 1 aliphatic rings. The minimum Gasteiger partial charge on any atom is -0.449 e. The first-order valence-electron chi connectivity index (χ1n) is 8.52. The highest BCUT2D eigenvalue weighted by atomic mass is 16.5. The lowest BCUT2D eigenvalue weighted by Crippen LogP contribution is -2.27. The fourth-order valence-electron chi connectivity index (χ4n) is 3.24. The van der Waals surface area contributed by atoms with Crippen LogP contribution in [-0.4, -0.2) is 37.2 Å². The molecule has 4 nitrogen and oxygen atoms in total. The van der Waals surface area contributed by atoms with Crippen molar-refractivity contribution in [1.29, 1.82) is 0 Å². The van der Waals surface area contributed by atoms with E-state index in [2.05, 4.69) is 17.3 Å². The van der Waals surface area contributed by atoms with Crippen LogP contribution in [0.25, 0.3) is 11.1 Å². The number of carbonyl (C=O) groups excluding carboxylic acids is 1. The number of anilines is 1. The van der Waals surface area contributed by atoms with Crippen molar-refractivity contribution in [3.63, 3.8) is 0 Å². The molecule has 1 atom stereocenters. The van der Waals surface area contributed by atoms with Crippen molar-refractivity contribution < 1.29 is 9.53 Å². The predicted octanol–water partition coefficient (Wildman–Crippen LogP) is 4.39. The third-order valence-electron chi connectivity index (χ3n) is 4.60. The van der Waals surface area contributed by atoms with Crippen LogP contribution in [0.15, 0.2) is 54.6 Å². The van der Waals surface area contributed by atoms with Crippen LogP contribution >= 0.6 is 0 Å². The van der Waals surface area contributed by atoms with E-state index in [1.54, 1.807) is 0 Å². The van der Waals surface area contributed by atoms with Crippen molar-refractivity contribution in [2.75, 3.05) is 25.5 Å². The molecule has 3 rings (SSSR count). The molecule has 1 fully saturated rings. The molecule has 1 aliphatic heterocycles. The second kappa shape index (κ2) is 7.97. The van der Waals surface area contributed by atoms with Gasteiger partial charge in [0.1, 0.15) is 0 Å². The van der Waals surface area contributed by atoms with E-state index in [0.29, 0.717) is 12.6 Å². The fraction of sp³-hybridized carbons (Fsp3) is 0.350. The van der Waals surface area contributed by atoms with Crippen LogP contribution in [0.1, 0.15) is 19.3 Å². The predicted molar refractivity (Wildman–Crippen MR) is 97.1 cm³/mol. The molecule has 24 heavy (non-hydrogen) atoms. The van der Waals surface area contributed by atoms with Gasteiger partial charge in [-0.3, -0.25) is 5.32 Å². The highest BCUT2D eigenvalue weighted by Crippen LogP contribution is 2.27. The Kier molecular flexibility index (Phi) is 5.49. The quantitative estimate of drug-likeness (QED) is 0.887. The van der Waals surface area contributed by atoms with Crippen molar-refractivity contribution in [2.45, 2.75) is 25.3 Å². The van der Waals surface area contributed by atoms with Crippen LogP contribution in [0.5, 0.6) is 0 Å². The largest absolute Gasteiger partial charge is 0.449 e. The highest BCUT2D eigenvalue weighted by molar-refractivity contribution is 5.91. The number of nitrogens with one attached hydrogen (secondary N) is 1. The van der Waals surface area contributed by atoms with E-state index in [0.717, 1.165) is 29.8 Å². The number of hydrogen-bond donors (Lipinski definition) is 1. The van der Waals surface area contributed by atoms with Gasteiger partial charge < -0.3 is 9.64 Å². The molecule has 0 aromatic heterocycles. The first-order chi connectivity index (χ1) is 11.7. The Labute approximate surface area is 143 Å². The summed E-state index contributed by atoms with van der Waals surface area (Å²) in [5, 5.41) is 2.87. The molecule has 0 saturated carbocycles. The third-order valence-corrected chi connectivity index (χ3v) is 4.60. The summed E-state index contributed by atoms with van der Waals surface area (Å²) in [4.78, 5) is 14.4. The van der Waals surface area contributed by atoms with Gasteiger partial charge in [0.05, 0.1) is 12.3 Å². The Morgan fingerprint density at radius 2 is 1.92 bits per heavy atom. The molecule has 1 heterocycles. The fourth-order valence-corrected chi connectivity index (χ4v) is 3.24. The molecule has 1 amide bonds. The Balaban J connectivity index is 1.57. The monoisotopic (exact) mass is 324 g/mol. The lowest BCUT2D eigenvalue weighted by molar-refractivity contribution is 0.147. The minimum absolute atomic E-state index is 0.390. The number of nitrogens with zero attached hydrogens (tertiary/aromatic N) is 1. The lowest BCUT2D eigenvalue weighted by Gasteiger charge is -2.19. The van der Waals surface area contributed by atoms with Gasteiger partial charge in [0, 0.05) is 11.6 Å². The number of benzene rings is 2. The topological polar surface area (TPSA) is 41.6 Å². The molecule has 0 spiro atoms. The van der Waals surface area contributed by atoms with Gasteiger partial charge in [-0.15, -0.1) is 0 Å². The molecule has 126 valence electrons. The van der Waals surface area contributed by atoms with E-state index in [-0.39, 0.29) is 6.09 Å². The first kappa shape index (κ1) is 16.5. The van der Waals surface area contributed by atoms with Crippen molar-refractivity contribution >= 4 is 11.8 Å². The number of likely N-dealkylation sites (tertiary alicyclic amines) is 1. The third kappa shape index (κ3) is 4.15. The summed E-state index contributed by atoms with van der Waals surface area (Å²) in [5.41, 5.74) is 2.83. The maximum absolute atomic E-state index is 12.1. The summed E-state index contributed by atoms with van der Waals surface area (Å²) in [7, 11) is 2.13. The zero-order valence-electron chi connectivity index (χ0n) is 14.1. The molecule has 4 heteroatoms. The summed E-state index contributed by atoms with van der Waals surface area (Å²) in [6.45, 7) is 1.59. The molecule has 1 N–H and O–H groups in total. The van der Waals surface area contributed by atoms with Crippen molar-refractivity contribution in [2.24, 2.45) is 0 Å². The Morgan fingerprint density at radius 1 is 1.17 bits per heavy atom. The zero-order valence-corrected chi connectivity index (χ0v) is 14.1. The van der Waals surface area contributed by atoms with Crippen LogP contribution in [-0.2, 0) is 4.74 Å². The average molecular weight is 324 g/mol. The molecule has 0 radical (unpaired) electrons. The van der Waals surface area contributed by atoms with Gasteiger partial charge >= 0.3 is 6.09 Å². The zero-order chi connectivity index (χ0) is 16.8. The smallest absolute Gasteiger partial charge is 0.411 e. The van der Waals surface area contributed by atoms with Gasteiger partial charge in [-0.25, -0.2) is 4.79 Å². The Bertz CT molecular complexity index is 672. The van der Waals surface area contributed by atoms with Crippen LogP contribution in [0.3, 0.4) is 0 Å².